The van der Waals surface area contributed by atoms with Gasteiger partial charge in [0.25, 0.3) is 0 Å². The summed E-state index contributed by atoms with van der Waals surface area (Å²) in [5, 5.41) is 36.7. The van der Waals surface area contributed by atoms with E-state index in [9.17, 15) is 10.5 Å². The van der Waals surface area contributed by atoms with Crippen LogP contribution in [0.15, 0.2) is 79.7 Å². The molecule has 0 saturated heterocycles. The van der Waals surface area contributed by atoms with Crippen molar-refractivity contribution < 1.29 is 0 Å². The van der Waals surface area contributed by atoms with Gasteiger partial charge in [0.2, 0.25) is 0 Å². The molecule has 0 aliphatic heterocycles. The van der Waals surface area contributed by atoms with Gasteiger partial charge in [-0.05, 0) is 68.5 Å². The van der Waals surface area contributed by atoms with Crippen LogP contribution in [0.5, 0.6) is 0 Å². The highest BCUT2D eigenvalue weighted by Crippen LogP contribution is 2.42. The minimum atomic E-state index is 0.164. The second-order valence-corrected chi connectivity index (χ2v) is 11.4. The highest BCUT2D eigenvalue weighted by atomic mass is 32.1. The van der Waals surface area contributed by atoms with Crippen LogP contribution in [-0.2, 0) is 6.54 Å². The maximum Gasteiger partial charge on any atom is 0.0999 e. The predicted molar refractivity (Wildman–Crippen MR) is 175 cm³/mol. The quantitative estimate of drug-likeness (QED) is 0.132. The molecule has 2 aliphatic rings. The normalized spacial score (nSPS) is 18.1. The standard InChI is InChI=1S/C29H21N7S4/c1-2-9-36-24-12-18(10-16(14-30)20-5-3-7-22(34-37)26(20)32)39-28(24)29-25(36)13-19(40-29)11-17(15-31)21-6-4-8-23(35-38)27(21)33/h3-8,10-13,32-33,37-38H,2,9H2,1H3/b16-10+,17-11+,32-26?,33-27?,34-22-,35-23-. The SMILES string of the molecule is CCCn1c2cc(/C=C(\C#N)C3=CC=C/C(=N/S)C3=N)sc2c2sc(/C=C(\C#N)C3=CC=C/C(=N/S)C3=N)cc21. The fourth-order valence-corrected chi connectivity index (χ4v) is 7.27. The first-order valence-electron chi connectivity index (χ1n) is 12.1. The van der Waals surface area contributed by atoms with Gasteiger partial charge in [0, 0.05) is 27.4 Å². The maximum atomic E-state index is 9.92. The van der Waals surface area contributed by atoms with Crippen molar-refractivity contribution >= 4 is 104 Å². The Hall–Kier alpha value is -4.00. The molecule has 2 aliphatic carbocycles. The van der Waals surface area contributed by atoms with Crippen molar-refractivity contribution in [2.24, 2.45) is 8.80 Å². The van der Waals surface area contributed by atoms with Gasteiger partial charge in [-0.1, -0.05) is 31.2 Å². The Kier molecular flexibility index (Phi) is 8.01. The van der Waals surface area contributed by atoms with E-state index >= 15 is 0 Å². The minimum Gasteiger partial charge on any atom is -0.339 e. The van der Waals surface area contributed by atoms with E-state index in [2.05, 4.69) is 70.2 Å². The van der Waals surface area contributed by atoms with Crippen molar-refractivity contribution in [2.45, 2.75) is 19.9 Å². The molecular formula is C29H21N7S4. The van der Waals surface area contributed by atoms with Crippen LogP contribution >= 0.6 is 48.3 Å². The number of nitrogens with one attached hydrogen (secondary N) is 2. The summed E-state index contributed by atoms with van der Waals surface area (Å²) in [5.41, 5.74) is 5.13. The molecule has 5 rings (SSSR count). The average Bonchev–Trinajstić information content (AvgIpc) is 3.63. The zero-order valence-corrected chi connectivity index (χ0v) is 24.6. The summed E-state index contributed by atoms with van der Waals surface area (Å²) in [6.45, 7) is 2.95. The molecule has 0 amide bonds. The molecule has 11 heteroatoms. The van der Waals surface area contributed by atoms with E-state index < -0.39 is 0 Å². The molecule has 0 aromatic carbocycles. The lowest BCUT2D eigenvalue weighted by atomic mass is 9.94. The number of thiol groups is 2. The summed E-state index contributed by atoms with van der Waals surface area (Å²) in [6.07, 6.45) is 15.0. The second-order valence-electron chi connectivity index (χ2n) is 8.82. The molecule has 196 valence electrons. The Morgan fingerprint density at radius 2 is 1.32 bits per heavy atom. The zero-order chi connectivity index (χ0) is 28.4. The maximum absolute atomic E-state index is 9.92. The minimum absolute atomic E-state index is 0.164. The fraction of sp³-hybridized carbons (Fsp3) is 0.103. The van der Waals surface area contributed by atoms with E-state index in [1.54, 1.807) is 59.1 Å². The summed E-state index contributed by atoms with van der Waals surface area (Å²) >= 11 is 11.1. The summed E-state index contributed by atoms with van der Waals surface area (Å²) in [7, 11) is 0. The van der Waals surface area contributed by atoms with Gasteiger partial charge >= 0.3 is 0 Å². The van der Waals surface area contributed by atoms with Crippen molar-refractivity contribution in [3.63, 3.8) is 0 Å². The molecule has 0 unspecified atom stereocenters. The van der Waals surface area contributed by atoms with Gasteiger partial charge in [0.05, 0.1) is 66.6 Å². The smallest absolute Gasteiger partial charge is 0.0999 e. The molecule has 40 heavy (non-hydrogen) atoms. The molecule has 0 fully saturated rings. The number of thiophene rings is 2. The number of fused-ring (bicyclic) bond motifs is 3. The van der Waals surface area contributed by atoms with Crippen LogP contribution in [0.4, 0.5) is 0 Å². The van der Waals surface area contributed by atoms with Crippen LogP contribution in [0.1, 0.15) is 23.1 Å². The number of aryl methyl sites for hydroxylation is 1. The van der Waals surface area contributed by atoms with E-state index in [1.807, 2.05) is 12.2 Å². The van der Waals surface area contributed by atoms with Crippen molar-refractivity contribution in [1.82, 2.24) is 4.57 Å². The highest BCUT2D eigenvalue weighted by molar-refractivity contribution is 7.79. The van der Waals surface area contributed by atoms with Gasteiger partial charge in [-0.2, -0.15) is 10.5 Å². The van der Waals surface area contributed by atoms with Crippen LogP contribution in [-0.4, -0.2) is 27.4 Å². The van der Waals surface area contributed by atoms with E-state index in [1.165, 1.54) is 0 Å². The van der Waals surface area contributed by atoms with Crippen LogP contribution < -0.4 is 0 Å². The van der Waals surface area contributed by atoms with Gasteiger partial charge in [0.15, 0.2) is 0 Å². The summed E-state index contributed by atoms with van der Waals surface area (Å²) in [5.74, 6) is 0. The van der Waals surface area contributed by atoms with E-state index in [-0.39, 0.29) is 11.4 Å². The van der Waals surface area contributed by atoms with Crippen molar-refractivity contribution in [3.05, 3.63) is 80.6 Å². The third-order valence-electron chi connectivity index (χ3n) is 6.39. The Labute approximate surface area is 250 Å². The van der Waals surface area contributed by atoms with Crippen LogP contribution in [0.25, 0.3) is 32.6 Å². The molecule has 3 aromatic rings. The van der Waals surface area contributed by atoms with E-state index in [0.29, 0.717) is 33.7 Å². The third kappa shape index (κ3) is 4.89. The van der Waals surface area contributed by atoms with E-state index in [4.69, 9.17) is 10.8 Å². The first kappa shape index (κ1) is 27.6. The number of nitrogens with zero attached hydrogens (tertiary/aromatic N) is 5. The number of aromatic nitrogens is 1. The first-order chi connectivity index (χ1) is 19.4. The first-order valence-corrected chi connectivity index (χ1v) is 14.6. The number of allylic oxidation sites excluding steroid dienone is 10. The van der Waals surface area contributed by atoms with Crippen LogP contribution in [0, 0.1) is 33.5 Å². The Balaban J connectivity index is 1.59. The summed E-state index contributed by atoms with van der Waals surface area (Å²) in [4.78, 5) is 1.82. The Morgan fingerprint density at radius 3 is 1.70 bits per heavy atom. The van der Waals surface area contributed by atoms with Gasteiger partial charge in [-0.25, -0.2) is 8.80 Å². The Morgan fingerprint density at radius 1 is 0.875 bits per heavy atom. The van der Waals surface area contributed by atoms with Crippen molar-refractivity contribution in [3.8, 4) is 12.1 Å². The summed E-state index contributed by atoms with van der Waals surface area (Å²) in [6, 6.07) is 8.67. The molecule has 0 saturated carbocycles. The average molecular weight is 596 g/mol. The highest BCUT2D eigenvalue weighted by Gasteiger charge is 2.21. The number of hydrogen-bond donors (Lipinski definition) is 4. The van der Waals surface area contributed by atoms with Crippen molar-refractivity contribution in [1.29, 1.82) is 21.3 Å². The lowest BCUT2D eigenvalue weighted by Gasteiger charge is -2.10. The van der Waals surface area contributed by atoms with Crippen LogP contribution in [0.3, 0.4) is 0 Å². The van der Waals surface area contributed by atoms with Gasteiger partial charge in [-0.3, -0.25) is 10.8 Å². The second kappa shape index (κ2) is 11.6. The van der Waals surface area contributed by atoms with Gasteiger partial charge in [-0.15, -0.1) is 22.7 Å². The fourth-order valence-electron chi connectivity index (χ4n) is 4.58. The number of nitriles is 2. The van der Waals surface area contributed by atoms with Gasteiger partial charge in [0.1, 0.15) is 0 Å². The third-order valence-corrected chi connectivity index (χ3v) is 9.13. The van der Waals surface area contributed by atoms with Crippen LogP contribution in [0.2, 0.25) is 0 Å². The largest absolute Gasteiger partial charge is 0.339 e. The predicted octanol–water partition coefficient (Wildman–Crippen LogP) is 7.75. The van der Waals surface area contributed by atoms with Crippen molar-refractivity contribution in [2.75, 3.05) is 0 Å². The molecule has 0 atom stereocenters. The molecule has 3 aromatic heterocycles. The molecule has 7 nitrogen and oxygen atoms in total. The topological polar surface area (TPSA) is 125 Å². The lowest BCUT2D eigenvalue weighted by molar-refractivity contribution is 0.724. The number of hydrogen-bond acceptors (Lipinski definition) is 10. The molecular weight excluding hydrogens is 575 g/mol. The zero-order valence-electron chi connectivity index (χ0n) is 21.1. The Bertz CT molecular complexity index is 1800. The summed E-state index contributed by atoms with van der Waals surface area (Å²) < 4.78 is 12.2. The molecule has 2 N–H and O–H groups in total. The molecule has 3 heterocycles. The monoisotopic (exact) mass is 595 g/mol. The molecule has 0 bridgehead atoms. The van der Waals surface area contributed by atoms with E-state index in [0.717, 1.165) is 43.2 Å². The number of rotatable bonds is 6. The van der Waals surface area contributed by atoms with Gasteiger partial charge < -0.3 is 4.57 Å². The lowest BCUT2D eigenvalue weighted by Crippen LogP contribution is -2.16. The molecule has 0 spiro atoms. The molecule has 0 radical (unpaired) electrons.